The van der Waals surface area contributed by atoms with Gasteiger partial charge in [0.2, 0.25) is 5.78 Å². The van der Waals surface area contributed by atoms with Crippen LogP contribution in [0, 0.1) is 0 Å². The van der Waals surface area contributed by atoms with E-state index < -0.39 is 0 Å². The van der Waals surface area contributed by atoms with Crippen molar-refractivity contribution >= 4 is 33.0 Å². The highest BCUT2D eigenvalue weighted by atomic mass is 79.9. The summed E-state index contributed by atoms with van der Waals surface area (Å²) in [6.45, 7) is 0.165. The van der Waals surface area contributed by atoms with Gasteiger partial charge in [-0.3, -0.25) is 4.79 Å². The van der Waals surface area contributed by atoms with Crippen LogP contribution in [-0.4, -0.2) is 24.1 Å². The molecule has 0 aliphatic rings. The monoisotopic (exact) mass is 340 g/mol. The van der Waals surface area contributed by atoms with E-state index in [9.17, 15) is 4.79 Å². The number of benzene rings is 1. The molecule has 5 heteroatoms. The second-order valence-electron chi connectivity index (χ2n) is 3.93. The minimum atomic E-state index is -0.0323. The molecule has 1 heterocycles. The smallest absolute Gasteiger partial charge is 0.210 e. The van der Waals surface area contributed by atoms with Gasteiger partial charge in [0.15, 0.2) is 6.61 Å². The van der Waals surface area contributed by atoms with Crippen LogP contribution in [0.4, 0.5) is 0 Å². The summed E-state index contributed by atoms with van der Waals surface area (Å²) >= 11 is 4.72. The first-order valence-corrected chi connectivity index (χ1v) is 7.41. The van der Waals surface area contributed by atoms with Crippen LogP contribution in [0.3, 0.4) is 0 Å². The standard InChI is InChI=1S/C14H13BrO3S/c15-14-6-5-13(19-14)12(17)9-18-11-3-1-10(2-4-11)7-8-16/h1-6,16H,7-9H2. The second kappa shape index (κ2) is 6.84. The van der Waals surface area contributed by atoms with E-state index in [1.165, 1.54) is 11.3 Å². The number of aliphatic hydroxyl groups is 1. The van der Waals surface area contributed by atoms with E-state index in [0.717, 1.165) is 9.35 Å². The van der Waals surface area contributed by atoms with Crippen molar-refractivity contribution in [1.82, 2.24) is 0 Å². The lowest BCUT2D eigenvalue weighted by Gasteiger charge is -2.05. The number of hydrogen-bond donors (Lipinski definition) is 1. The Morgan fingerprint density at radius 2 is 1.95 bits per heavy atom. The average molecular weight is 341 g/mol. The molecule has 0 saturated heterocycles. The van der Waals surface area contributed by atoms with Crippen molar-refractivity contribution in [2.75, 3.05) is 13.2 Å². The number of ether oxygens (including phenoxy) is 1. The summed E-state index contributed by atoms with van der Waals surface area (Å²) in [6, 6.07) is 11.0. The van der Waals surface area contributed by atoms with Gasteiger partial charge in [0.1, 0.15) is 5.75 Å². The van der Waals surface area contributed by atoms with E-state index in [-0.39, 0.29) is 19.0 Å². The number of ketones is 1. The molecule has 3 nitrogen and oxygen atoms in total. The van der Waals surface area contributed by atoms with Crippen LogP contribution in [0.1, 0.15) is 15.2 Å². The predicted octanol–water partition coefficient (Wildman–Crippen LogP) is 3.31. The van der Waals surface area contributed by atoms with Gasteiger partial charge < -0.3 is 9.84 Å². The molecule has 0 unspecified atom stereocenters. The quantitative estimate of drug-likeness (QED) is 0.820. The van der Waals surface area contributed by atoms with Crippen molar-refractivity contribution in [2.45, 2.75) is 6.42 Å². The van der Waals surface area contributed by atoms with Crippen LogP contribution in [0.25, 0.3) is 0 Å². The number of thiophene rings is 1. The third-order valence-electron chi connectivity index (χ3n) is 2.54. The first-order chi connectivity index (χ1) is 9.19. The molecule has 100 valence electrons. The maximum atomic E-state index is 11.8. The van der Waals surface area contributed by atoms with Crippen LogP contribution < -0.4 is 4.74 Å². The molecule has 0 aliphatic carbocycles. The minimum Gasteiger partial charge on any atom is -0.485 e. The zero-order valence-corrected chi connectivity index (χ0v) is 12.5. The van der Waals surface area contributed by atoms with Crippen LogP contribution >= 0.6 is 27.3 Å². The molecule has 1 N–H and O–H groups in total. The van der Waals surface area contributed by atoms with Crippen molar-refractivity contribution in [3.05, 3.63) is 50.6 Å². The number of carbonyl (C=O) groups excluding carboxylic acids is 1. The van der Waals surface area contributed by atoms with Crippen molar-refractivity contribution in [3.8, 4) is 5.75 Å². The molecular weight excluding hydrogens is 328 g/mol. The SMILES string of the molecule is O=C(COc1ccc(CCO)cc1)c1ccc(Br)s1. The van der Waals surface area contributed by atoms with E-state index in [2.05, 4.69) is 15.9 Å². The lowest BCUT2D eigenvalue weighted by molar-refractivity contribution is 0.0925. The maximum absolute atomic E-state index is 11.8. The van der Waals surface area contributed by atoms with E-state index in [4.69, 9.17) is 9.84 Å². The van der Waals surface area contributed by atoms with Gasteiger partial charge in [-0.15, -0.1) is 11.3 Å². The summed E-state index contributed by atoms with van der Waals surface area (Å²) in [5.41, 5.74) is 1.04. The van der Waals surface area contributed by atoms with Crippen LogP contribution in [-0.2, 0) is 6.42 Å². The molecule has 19 heavy (non-hydrogen) atoms. The van der Waals surface area contributed by atoms with Gasteiger partial charge in [-0.2, -0.15) is 0 Å². The number of aliphatic hydroxyl groups excluding tert-OH is 1. The largest absolute Gasteiger partial charge is 0.485 e. The van der Waals surface area contributed by atoms with E-state index >= 15 is 0 Å². The summed E-state index contributed by atoms with van der Waals surface area (Å²) in [4.78, 5) is 12.5. The molecule has 0 fully saturated rings. The van der Waals surface area contributed by atoms with Gasteiger partial charge in [0, 0.05) is 6.61 Å². The Labute approximate surface area is 124 Å². The van der Waals surface area contributed by atoms with Gasteiger partial charge in [-0.25, -0.2) is 0 Å². The molecule has 0 radical (unpaired) electrons. The number of halogens is 1. The zero-order chi connectivity index (χ0) is 13.7. The molecule has 2 aromatic rings. The molecule has 0 saturated carbocycles. The second-order valence-corrected chi connectivity index (χ2v) is 6.40. The van der Waals surface area contributed by atoms with E-state index in [1.807, 2.05) is 30.3 Å². The predicted molar refractivity (Wildman–Crippen MR) is 79.1 cm³/mol. The first kappa shape index (κ1) is 14.2. The lowest BCUT2D eigenvalue weighted by atomic mass is 10.1. The highest BCUT2D eigenvalue weighted by Crippen LogP contribution is 2.22. The number of rotatable bonds is 6. The van der Waals surface area contributed by atoms with E-state index in [1.54, 1.807) is 6.07 Å². The molecule has 2 rings (SSSR count). The average Bonchev–Trinajstić information content (AvgIpc) is 2.85. The fourth-order valence-corrected chi connectivity index (χ4v) is 2.88. The molecule has 0 amide bonds. The Hall–Kier alpha value is -1.17. The number of carbonyl (C=O) groups is 1. The third kappa shape index (κ3) is 4.16. The van der Waals surface area contributed by atoms with Crippen molar-refractivity contribution in [3.63, 3.8) is 0 Å². The summed E-state index contributed by atoms with van der Waals surface area (Å²) in [5, 5.41) is 8.81. The highest BCUT2D eigenvalue weighted by Gasteiger charge is 2.09. The molecule has 1 aromatic carbocycles. The summed E-state index contributed by atoms with van der Waals surface area (Å²) in [6.07, 6.45) is 0.627. The molecule has 1 aromatic heterocycles. The Bertz CT molecular complexity index is 548. The molecule has 0 bridgehead atoms. The Kier molecular flexibility index (Phi) is 5.13. The van der Waals surface area contributed by atoms with Crippen LogP contribution in [0.2, 0.25) is 0 Å². The zero-order valence-electron chi connectivity index (χ0n) is 10.1. The topological polar surface area (TPSA) is 46.5 Å². The van der Waals surface area contributed by atoms with Gasteiger partial charge in [0.05, 0.1) is 8.66 Å². The fraction of sp³-hybridized carbons (Fsp3) is 0.214. The maximum Gasteiger partial charge on any atom is 0.210 e. The lowest BCUT2D eigenvalue weighted by Crippen LogP contribution is -2.10. The van der Waals surface area contributed by atoms with Crippen molar-refractivity contribution in [2.24, 2.45) is 0 Å². The number of Topliss-reactive ketones (excluding diaryl/α,β-unsaturated/α-hetero) is 1. The van der Waals surface area contributed by atoms with Gasteiger partial charge in [-0.1, -0.05) is 12.1 Å². The summed E-state index contributed by atoms with van der Waals surface area (Å²) in [5.74, 6) is 0.626. The van der Waals surface area contributed by atoms with Crippen LogP contribution in [0.15, 0.2) is 40.2 Å². The summed E-state index contributed by atoms with van der Waals surface area (Å²) in [7, 11) is 0. The fourth-order valence-electron chi connectivity index (χ4n) is 1.57. The summed E-state index contributed by atoms with van der Waals surface area (Å²) < 4.78 is 6.38. The Balaban J connectivity index is 1.89. The van der Waals surface area contributed by atoms with Crippen molar-refractivity contribution < 1.29 is 14.6 Å². The van der Waals surface area contributed by atoms with Gasteiger partial charge in [-0.05, 0) is 52.2 Å². The molecular formula is C14H13BrO3S. The van der Waals surface area contributed by atoms with Crippen molar-refractivity contribution in [1.29, 1.82) is 0 Å². The molecule has 0 atom stereocenters. The molecule has 0 spiro atoms. The number of hydrogen-bond acceptors (Lipinski definition) is 4. The normalized spacial score (nSPS) is 10.4. The third-order valence-corrected chi connectivity index (χ3v) is 4.21. The first-order valence-electron chi connectivity index (χ1n) is 5.80. The van der Waals surface area contributed by atoms with Gasteiger partial charge in [0.25, 0.3) is 0 Å². The Morgan fingerprint density at radius 1 is 1.21 bits per heavy atom. The van der Waals surface area contributed by atoms with E-state index in [0.29, 0.717) is 17.0 Å². The minimum absolute atomic E-state index is 0.0323. The van der Waals surface area contributed by atoms with Crippen LogP contribution in [0.5, 0.6) is 5.75 Å². The highest BCUT2D eigenvalue weighted by molar-refractivity contribution is 9.11. The van der Waals surface area contributed by atoms with Gasteiger partial charge >= 0.3 is 0 Å². The Morgan fingerprint density at radius 3 is 2.53 bits per heavy atom. The molecule has 0 aliphatic heterocycles.